The molecule has 0 unspecified atom stereocenters. The highest BCUT2D eigenvalue weighted by Gasteiger charge is 2.93. The Kier molecular flexibility index (Phi) is 4.93. The van der Waals surface area contributed by atoms with E-state index in [1.165, 1.54) is 30.3 Å². The molecular weight excluding hydrogens is 497 g/mol. The Morgan fingerprint density at radius 1 is 1.08 bits per heavy atom. The molecule has 6 atom stereocenters. The Hall–Kier alpha value is -3.79. The summed E-state index contributed by atoms with van der Waals surface area (Å²) in [5, 5.41) is 12.6. The number of carbonyl (C=O) groups excluding carboxylic acids is 4. The largest absolute Gasteiger partial charge is 0.461 e. The molecule has 1 saturated carbocycles. The van der Waals surface area contributed by atoms with Gasteiger partial charge in [-0.3, -0.25) is 19.3 Å². The smallest absolute Gasteiger partial charge is 0.338 e. The van der Waals surface area contributed by atoms with Crippen LogP contribution in [-0.2, 0) is 28.6 Å². The second kappa shape index (κ2) is 7.63. The number of aliphatic hydroxyl groups is 1. The van der Waals surface area contributed by atoms with Gasteiger partial charge in [0.25, 0.3) is 5.91 Å². The number of amides is 1. The molecule has 38 heavy (non-hydrogen) atoms. The van der Waals surface area contributed by atoms with Crippen molar-refractivity contribution >= 4 is 29.5 Å². The molecular formula is C28H26FNO8. The van der Waals surface area contributed by atoms with Crippen LogP contribution in [0.1, 0.15) is 44.0 Å². The predicted octanol–water partition coefficient (Wildman–Crippen LogP) is 2.75. The number of anilines is 1. The van der Waals surface area contributed by atoms with E-state index in [2.05, 4.69) is 0 Å². The molecule has 198 valence electrons. The lowest BCUT2D eigenvalue weighted by Crippen LogP contribution is -2.66. The first kappa shape index (κ1) is 24.5. The summed E-state index contributed by atoms with van der Waals surface area (Å²) in [6, 6.07) is 13.1. The molecule has 2 aromatic rings. The van der Waals surface area contributed by atoms with E-state index in [1.54, 1.807) is 39.0 Å². The average Bonchev–Trinajstić information content (AvgIpc) is 3.46. The van der Waals surface area contributed by atoms with Crippen molar-refractivity contribution in [3.05, 3.63) is 66.0 Å². The molecule has 3 aliphatic heterocycles. The van der Waals surface area contributed by atoms with Gasteiger partial charge in [-0.05, 0) is 35.7 Å². The van der Waals surface area contributed by atoms with Crippen LogP contribution in [0, 0.1) is 22.1 Å². The van der Waals surface area contributed by atoms with Gasteiger partial charge in [-0.2, -0.15) is 0 Å². The van der Waals surface area contributed by atoms with Crippen molar-refractivity contribution < 1.29 is 42.9 Å². The summed E-state index contributed by atoms with van der Waals surface area (Å²) in [6.07, 6.45) is -5.01. The van der Waals surface area contributed by atoms with Gasteiger partial charge >= 0.3 is 17.9 Å². The fraction of sp³-hybridized carbons (Fsp3) is 0.429. The molecule has 1 N–H and O–H groups in total. The Morgan fingerprint density at radius 3 is 2.45 bits per heavy atom. The summed E-state index contributed by atoms with van der Waals surface area (Å²) in [5.41, 5.74) is -6.48. The van der Waals surface area contributed by atoms with Crippen molar-refractivity contribution in [2.45, 2.75) is 57.6 Å². The maximum atomic E-state index is 14.3. The number of esters is 3. The Bertz CT molecular complexity index is 1390. The predicted molar refractivity (Wildman–Crippen MR) is 128 cm³/mol. The highest BCUT2D eigenvalue weighted by molar-refractivity contribution is 6.07. The Balaban J connectivity index is 1.62. The average molecular weight is 524 g/mol. The fourth-order valence-electron chi connectivity index (χ4n) is 7.16. The van der Waals surface area contributed by atoms with Crippen LogP contribution in [-0.4, -0.2) is 53.0 Å². The van der Waals surface area contributed by atoms with E-state index in [0.717, 1.165) is 11.0 Å². The number of nitrogens with zero attached hydrogens (tertiary/aromatic N) is 1. The van der Waals surface area contributed by atoms with E-state index < -0.39 is 76.3 Å². The van der Waals surface area contributed by atoms with E-state index in [4.69, 9.17) is 14.2 Å². The molecule has 0 aromatic heterocycles. The maximum absolute atomic E-state index is 14.3. The van der Waals surface area contributed by atoms with Crippen molar-refractivity contribution in [2.75, 3.05) is 4.90 Å². The van der Waals surface area contributed by atoms with Gasteiger partial charge in [-0.15, -0.1) is 0 Å². The third-order valence-corrected chi connectivity index (χ3v) is 8.79. The third kappa shape index (κ3) is 2.73. The zero-order valence-corrected chi connectivity index (χ0v) is 21.0. The van der Waals surface area contributed by atoms with Crippen LogP contribution in [0.2, 0.25) is 0 Å². The van der Waals surface area contributed by atoms with E-state index >= 15 is 0 Å². The summed E-state index contributed by atoms with van der Waals surface area (Å²) >= 11 is 0. The lowest BCUT2D eigenvalue weighted by Gasteiger charge is -2.51. The number of benzene rings is 2. The molecule has 2 spiro atoms. The van der Waals surface area contributed by atoms with Crippen molar-refractivity contribution in [1.29, 1.82) is 0 Å². The van der Waals surface area contributed by atoms with Crippen LogP contribution in [0.4, 0.5) is 10.1 Å². The summed E-state index contributed by atoms with van der Waals surface area (Å²) in [5.74, 6) is -3.85. The number of carbonyl (C=O) groups is 4. The highest BCUT2D eigenvalue weighted by Crippen LogP contribution is 2.76. The first-order valence-corrected chi connectivity index (χ1v) is 12.4. The highest BCUT2D eigenvalue weighted by atomic mass is 19.1. The van der Waals surface area contributed by atoms with Crippen molar-refractivity contribution in [3.8, 4) is 0 Å². The first-order valence-electron chi connectivity index (χ1n) is 12.4. The molecule has 0 bridgehead atoms. The Labute approximate surface area is 217 Å². The molecule has 0 radical (unpaired) electrons. The second-order valence-electron chi connectivity index (χ2n) is 11.4. The minimum atomic E-state index is -1.94. The molecule has 4 aliphatic rings. The van der Waals surface area contributed by atoms with Crippen LogP contribution in [0.15, 0.2) is 54.6 Å². The molecule has 10 heteroatoms. The fourth-order valence-corrected chi connectivity index (χ4v) is 7.16. The molecule has 1 amide bonds. The third-order valence-electron chi connectivity index (χ3n) is 8.79. The van der Waals surface area contributed by atoms with E-state index in [0.29, 0.717) is 0 Å². The van der Waals surface area contributed by atoms with Crippen LogP contribution in [0.25, 0.3) is 0 Å². The number of halogens is 1. The van der Waals surface area contributed by atoms with Crippen LogP contribution < -0.4 is 4.90 Å². The summed E-state index contributed by atoms with van der Waals surface area (Å²) < 4.78 is 31.6. The molecule has 2 aromatic carbocycles. The number of hydrogen-bond acceptors (Lipinski definition) is 8. The van der Waals surface area contributed by atoms with E-state index in [1.807, 2.05) is 0 Å². The summed E-state index contributed by atoms with van der Waals surface area (Å²) in [7, 11) is 0. The molecule has 3 saturated heterocycles. The van der Waals surface area contributed by atoms with E-state index in [-0.39, 0.29) is 17.7 Å². The summed E-state index contributed by atoms with van der Waals surface area (Å²) in [6.45, 7) is 5.18. The van der Waals surface area contributed by atoms with Gasteiger partial charge in [0.1, 0.15) is 22.8 Å². The van der Waals surface area contributed by atoms with Crippen molar-refractivity contribution in [1.82, 2.24) is 0 Å². The zero-order chi connectivity index (χ0) is 27.3. The minimum absolute atomic E-state index is 0.0486. The number of hydrogen-bond donors (Lipinski definition) is 1. The first-order chi connectivity index (χ1) is 17.9. The van der Waals surface area contributed by atoms with Gasteiger partial charge in [-0.1, -0.05) is 45.0 Å². The molecule has 3 heterocycles. The minimum Gasteiger partial charge on any atom is -0.461 e. The van der Waals surface area contributed by atoms with Crippen molar-refractivity contribution in [3.63, 3.8) is 0 Å². The molecule has 4 fully saturated rings. The van der Waals surface area contributed by atoms with Crippen LogP contribution >= 0.6 is 0 Å². The monoisotopic (exact) mass is 523 g/mol. The lowest BCUT2D eigenvalue weighted by atomic mass is 9.52. The second-order valence-corrected chi connectivity index (χ2v) is 11.4. The van der Waals surface area contributed by atoms with Gasteiger partial charge in [0.2, 0.25) is 0 Å². The van der Waals surface area contributed by atoms with Gasteiger partial charge in [0.15, 0.2) is 12.3 Å². The molecule has 6 rings (SSSR count). The lowest BCUT2D eigenvalue weighted by molar-refractivity contribution is -0.204. The van der Waals surface area contributed by atoms with Gasteiger partial charge in [0, 0.05) is 6.42 Å². The molecule has 1 aliphatic carbocycles. The number of ether oxygens (including phenoxy) is 3. The van der Waals surface area contributed by atoms with E-state index in [9.17, 15) is 28.7 Å². The van der Waals surface area contributed by atoms with Crippen LogP contribution in [0.5, 0.6) is 0 Å². The van der Waals surface area contributed by atoms with Crippen LogP contribution in [0.3, 0.4) is 0 Å². The topological polar surface area (TPSA) is 119 Å². The maximum Gasteiger partial charge on any atom is 0.338 e. The quantitative estimate of drug-likeness (QED) is 0.482. The summed E-state index contributed by atoms with van der Waals surface area (Å²) in [4.78, 5) is 55.0. The molecule has 9 nitrogen and oxygen atoms in total. The van der Waals surface area contributed by atoms with Gasteiger partial charge < -0.3 is 19.3 Å². The SMILES string of the molecule is CC(C)(C)[C@]1(O)C[C@@H]2OC(=O)C[C@@]23C(=O)O[C@@H]2N(c4cccc(F)c4)C(=O)[C@H](OC(=O)c4ccccc4)[C@]213. The normalized spacial score (nSPS) is 35.4. The standard InChI is InChI=1S/C28H26FNO8/c1-25(2,3)27(35)13-18-26(14-19(31)36-18)24(34)38-23-28(26,27)20(37-22(33)15-8-5-4-6-9-15)21(32)30(23)17-11-7-10-16(29)12-17/h4-12,18,20,23,35H,13-14H2,1-3H3/t18-,20-,23-,26-,27+,28+/m0/s1. The Morgan fingerprint density at radius 2 is 1.79 bits per heavy atom. The zero-order valence-electron chi connectivity index (χ0n) is 21.0. The van der Waals surface area contributed by atoms with Gasteiger partial charge in [-0.25, -0.2) is 9.18 Å². The van der Waals surface area contributed by atoms with Gasteiger partial charge in [0.05, 0.1) is 23.3 Å². The number of rotatable bonds is 3. The van der Waals surface area contributed by atoms with Crippen molar-refractivity contribution in [2.24, 2.45) is 16.2 Å².